The fourth-order valence-corrected chi connectivity index (χ4v) is 3.61. The molecule has 7 heteroatoms. The molecule has 1 heterocycles. The van der Waals surface area contributed by atoms with E-state index in [1.807, 2.05) is 0 Å². The number of aliphatic hydroxyl groups is 1. The van der Waals surface area contributed by atoms with Gasteiger partial charge in [-0.2, -0.15) is 0 Å². The van der Waals surface area contributed by atoms with Crippen LogP contribution in [0.15, 0.2) is 0 Å². The summed E-state index contributed by atoms with van der Waals surface area (Å²) in [5.74, 6) is -0.478. The number of hydrogen-bond acceptors (Lipinski definition) is 5. The summed E-state index contributed by atoms with van der Waals surface area (Å²) in [7, 11) is -3.25. The van der Waals surface area contributed by atoms with Crippen molar-refractivity contribution in [3.8, 4) is 0 Å². The van der Waals surface area contributed by atoms with Gasteiger partial charge in [0.05, 0.1) is 30.3 Å². The molecule has 0 unspecified atom stereocenters. The molecule has 16 heavy (non-hydrogen) atoms. The molecular weight excluding hydrogens is 234 g/mol. The van der Waals surface area contributed by atoms with Gasteiger partial charge in [0.2, 0.25) is 0 Å². The number of sulfone groups is 1. The van der Waals surface area contributed by atoms with Crippen molar-refractivity contribution in [1.29, 1.82) is 0 Å². The van der Waals surface area contributed by atoms with Crippen molar-refractivity contribution in [1.82, 2.24) is 4.90 Å². The van der Waals surface area contributed by atoms with Crippen molar-refractivity contribution in [2.45, 2.75) is 26.0 Å². The van der Waals surface area contributed by atoms with E-state index in [1.54, 1.807) is 13.8 Å². The summed E-state index contributed by atoms with van der Waals surface area (Å²) < 4.78 is 27.4. The Morgan fingerprint density at radius 3 is 2.44 bits per heavy atom. The van der Waals surface area contributed by atoms with Gasteiger partial charge in [-0.25, -0.2) is 13.2 Å². The maximum atomic E-state index is 11.5. The Hall–Kier alpha value is -0.820. The minimum atomic E-state index is -3.25. The van der Waals surface area contributed by atoms with Crippen LogP contribution in [0.3, 0.4) is 0 Å². The quantitative estimate of drug-likeness (QED) is 0.739. The Kier molecular flexibility index (Phi) is 4.15. The van der Waals surface area contributed by atoms with Gasteiger partial charge in [-0.1, -0.05) is 0 Å². The van der Waals surface area contributed by atoms with Gasteiger partial charge in [0.15, 0.2) is 9.84 Å². The third kappa shape index (κ3) is 2.85. The second-order valence-electron chi connectivity index (χ2n) is 3.70. The van der Waals surface area contributed by atoms with Gasteiger partial charge >= 0.3 is 6.09 Å². The van der Waals surface area contributed by atoms with Crippen LogP contribution in [0.2, 0.25) is 0 Å². The predicted octanol–water partition coefficient (Wildman–Crippen LogP) is -0.377. The van der Waals surface area contributed by atoms with Gasteiger partial charge in [-0.05, 0) is 13.8 Å². The van der Waals surface area contributed by atoms with Crippen LogP contribution < -0.4 is 0 Å². The summed E-state index contributed by atoms with van der Waals surface area (Å²) in [6, 6.07) is -0.686. The van der Waals surface area contributed by atoms with Gasteiger partial charge in [0.25, 0.3) is 0 Å². The molecule has 1 N–H and O–H groups in total. The molecule has 0 aromatic rings. The van der Waals surface area contributed by atoms with Gasteiger partial charge in [0.1, 0.15) is 0 Å². The van der Waals surface area contributed by atoms with E-state index < -0.39 is 28.1 Å². The Bertz CT molecular complexity index is 353. The minimum absolute atomic E-state index is 0.194. The van der Waals surface area contributed by atoms with Crippen molar-refractivity contribution < 1.29 is 23.1 Å². The van der Waals surface area contributed by atoms with Crippen molar-refractivity contribution in [3.63, 3.8) is 0 Å². The Morgan fingerprint density at radius 2 is 2.06 bits per heavy atom. The first-order chi connectivity index (χ1) is 7.41. The van der Waals surface area contributed by atoms with E-state index in [2.05, 4.69) is 0 Å². The lowest BCUT2D eigenvalue weighted by atomic mass is 10.2. The molecule has 1 saturated heterocycles. The highest BCUT2D eigenvalue weighted by atomic mass is 32.2. The van der Waals surface area contributed by atoms with Crippen molar-refractivity contribution in [3.05, 3.63) is 0 Å². The van der Waals surface area contributed by atoms with Crippen LogP contribution in [0, 0.1) is 0 Å². The second kappa shape index (κ2) is 5.01. The first-order valence-electron chi connectivity index (χ1n) is 5.23. The van der Waals surface area contributed by atoms with Gasteiger partial charge in [-0.15, -0.1) is 0 Å². The third-order valence-electron chi connectivity index (χ3n) is 2.54. The number of carbonyl (C=O) groups is 1. The van der Waals surface area contributed by atoms with Crippen LogP contribution in [0.5, 0.6) is 0 Å². The highest BCUT2D eigenvalue weighted by molar-refractivity contribution is 7.91. The Morgan fingerprint density at radius 1 is 1.44 bits per heavy atom. The smallest absolute Gasteiger partial charge is 0.410 e. The van der Waals surface area contributed by atoms with E-state index in [-0.39, 0.29) is 18.1 Å². The molecule has 6 nitrogen and oxygen atoms in total. The Labute approximate surface area is 95.1 Å². The minimum Gasteiger partial charge on any atom is -0.450 e. The molecule has 1 fully saturated rings. The summed E-state index contributed by atoms with van der Waals surface area (Å²) in [5.41, 5.74) is 0. The molecule has 0 radical (unpaired) electrons. The number of hydrogen-bond donors (Lipinski definition) is 1. The zero-order chi connectivity index (χ0) is 12.3. The molecule has 1 aliphatic rings. The summed E-state index contributed by atoms with van der Waals surface area (Å²) in [5, 5.41) is 9.61. The summed E-state index contributed by atoms with van der Waals surface area (Å²) in [4.78, 5) is 12.8. The highest BCUT2D eigenvalue weighted by Crippen LogP contribution is 2.19. The van der Waals surface area contributed by atoms with E-state index in [0.29, 0.717) is 6.54 Å². The molecule has 0 saturated carbocycles. The average molecular weight is 251 g/mol. The number of rotatable bonds is 3. The van der Waals surface area contributed by atoms with Crippen LogP contribution in [0.1, 0.15) is 13.8 Å². The van der Waals surface area contributed by atoms with Gasteiger partial charge in [0, 0.05) is 6.54 Å². The topological polar surface area (TPSA) is 83.9 Å². The highest BCUT2D eigenvalue weighted by Gasteiger charge is 2.41. The molecule has 1 aliphatic heterocycles. The first-order valence-corrected chi connectivity index (χ1v) is 7.05. The number of amides is 1. The zero-order valence-electron chi connectivity index (χ0n) is 9.42. The largest absolute Gasteiger partial charge is 0.450 e. The molecule has 0 aromatic heterocycles. The van der Waals surface area contributed by atoms with E-state index >= 15 is 0 Å². The number of nitrogens with zero attached hydrogens (tertiary/aromatic N) is 1. The van der Waals surface area contributed by atoms with Crippen molar-refractivity contribution >= 4 is 15.9 Å². The maximum Gasteiger partial charge on any atom is 0.410 e. The predicted molar refractivity (Wildman–Crippen MR) is 57.9 cm³/mol. The van der Waals surface area contributed by atoms with Crippen LogP contribution in [0.4, 0.5) is 4.79 Å². The van der Waals surface area contributed by atoms with Gasteiger partial charge < -0.3 is 14.7 Å². The summed E-state index contributed by atoms with van der Waals surface area (Å²) in [6.07, 6.45) is -1.60. The number of ether oxygens (including phenoxy) is 1. The molecular formula is C9H17NO5S. The molecule has 2 atom stereocenters. The molecule has 0 aromatic carbocycles. The second-order valence-corrected chi connectivity index (χ2v) is 5.85. The maximum absolute atomic E-state index is 11.5. The average Bonchev–Trinajstić information content (AvgIpc) is 2.42. The van der Waals surface area contributed by atoms with E-state index in [1.165, 1.54) is 4.90 Å². The van der Waals surface area contributed by atoms with Crippen LogP contribution in [-0.4, -0.2) is 61.3 Å². The summed E-state index contributed by atoms with van der Waals surface area (Å²) >= 11 is 0. The number of aliphatic hydroxyl groups excluding tert-OH is 1. The molecule has 0 bridgehead atoms. The van der Waals surface area contributed by atoms with Crippen molar-refractivity contribution in [2.75, 3.05) is 24.7 Å². The normalized spacial score (nSPS) is 27.7. The van der Waals surface area contributed by atoms with Crippen LogP contribution in [0.25, 0.3) is 0 Å². The molecule has 1 amide bonds. The van der Waals surface area contributed by atoms with Crippen LogP contribution >= 0.6 is 0 Å². The monoisotopic (exact) mass is 251 g/mol. The standard InChI is InChI=1S/C9H17NO5S/c1-3-10(9(12)15-4-2)7-5-16(13,14)6-8(7)11/h7-8,11H,3-6H2,1-2H3/t7-,8-/m0/s1. The number of likely N-dealkylation sites (N-methyl/N-ethyl adjacent to an activating group) is 1. The van der Waals surface area contributed by atoms with E-state index in [4.69, 9.17) is 4.74 Å². The third-order valence-corrected chi connectivity index (χ3v) is 4.24. The van der Waals surface area contributed by atoms with Crippen LogP contribution in [-0.2, 0) is 14.6 Å². The van der Waals surface area contributed by atoms with Crippen molar-refractivity contribution in [2.24, 2.45) is 0 Å². The lowest BCUT2D eigenvalue weighted by Gasteiger charge is -2.27. The van der Waals surface area contributed by atoms with E-state index in [9.17, 15) is 18.3 Å². The first kappa shape index (κ1) is 13.2. The zero-order valence-corrected chi connectivity index (χ0v) is 10.2. The molecule has 94 valence electrons. The lowest BCUT2D eigenvalue weighted by molar-refractivity contribution is 0.0587. The van der Waals surface area contributed by atoms with E-state index in [0.717, 1.165) is 0 Å². The fraction of sp³-hybridized carbons (Fsp3) is 0.889. The molecule has 0 spiro atoms. The fourth-order valence-electron chi connectivity index (χ4n) is 1.81. The molecule has 1 rings (SSSR count). The number of carbonyl (C=O) groups excluding carboxylic acids is 1. The summed E-state index contributed by atoms with van der Waals surface area (Å²) in [6.45, 7) is 3.93. The molecule has 0 aliphatic carbocycles. The Balaban J connectivity index is 2.78. The SMILES string of the molecule is CCOC(=O)N(CC)[C@H]1CS(=O)(=O)C[C@@H]1O. The lowest BCUT2D eigenvalue weighted by Crippen LogP contribution is -2.46. The van der Waals surface area contributed by atoms with Gasteiger partial charge in [-0.3, -0.25) is 0 Å².